The van der Waals surface area contributed by atoms with Crippen molar-refractivity contribution in [3.63, 3.8) is 0 Å². The van der Waals surface area contributed by atoms with Crippen LogP contribution in [0, 0.1) is 17.0 Å². The number of nitro benzene ring substituents is 1. The summed E-state index contributed by atoms with van der Waals surface area (Å²) in [7, 11) is 0. The molecule has 7 heteroatoms. The molecule has 0 spiro atoms. The van der Waals surface area contributed by atoms with Gasteiger partial charge in [-0.3, -0.25) is 10.1 Å². The van der Waals surface area contributed by atoms with Gasteiger partial charge in [0.15, 0.2) is 0 Å². The molecule has 0 saturated heterocycles. The van der Waals surface area contributed by atoms with E-state index in [0.29, 0.717) is 5.69 Å². The largest absolute Gasteiger partial charge is 0.375 e. The minimum absolute atomic E-state index is 0.0578. The molecule has 2 atom stereocenters. The summed E-state index contributed by atoms with van der Waals surface area (Å²) in [6.07, 6.45) is 2.97. The van der Waals surface area contributed by atoms with E-state index in [1.807, 2.05) is 6.92 Å². The second-order valence-corrected chi connectivity index (χ2v) is 6.41. The first-order valence-electron chi connectivity index (χ1n) is 6.62. The van der Waals surface area contributed by atoms with Gasteiger partial charge in [-0.25, -0.2) is 4.98 Å². The standard InChI is InChI=1S/C13H16N4O2S/c1-7-15-11-5-10(16-9-4-2-3-8(9)14)12(17(18)19)6-13(11)20-7/h5-6,8-9,16H,2-4,14H2,1H3. The summed E-state index contributed by atoms with van der Waals surface area (Å²) in [6.45, 7) is 1.90. The molecule has 1 heterocycles. The fraction of sp³-hybridized carbons (Fsp3) is 0.462. The number of nitrogens with two attached hydrogens (primary N) is 1. The Morgan fingerprint density at radius 1 is 1.50 bits per heavy atom. The van der Waals surface area contributed by atoms with Gasteiger partial charge in [-0.1, -0.05) is 0 Å². The van der Waals surface area contributed by atoms with E-state index in [0.717, 1.165) is 34.5 Å². The second kappa shape index (κ2) is 4.99. The molecule has 0 aliphatic heterocycles. The molecule has 3 rings (SSSR count). The monoisotopic (exact) mass is 292 g/mol. The molecule has 20 heavy (non-hydrogen) atoms. The Balaban J connectivity index is 2.02. The number of fused-ring (bicyclic) bond motifs is 1. The predicted octanol–water partition coefficient (Wildman–Crippen LogP) is 2.80. The van der Waals surface area contributed by atoms with E-state index in [1.165, 1.54) is 11.3 Å². The van der Waals surface area contributed by atoms with E-state index in [-0.39, 0.29) is 22.7 Å². The Morgan fingerprint density at radius 2 is 2.30 bits per heavy atom. The smallest absolute Gasteiger partial charge is 0.293 e. The fourth-order valence-electron chi connectivity index (χ4n) is 2.71. The minimum atomic E-state index is -0.350. The van der Waals surface area contributed by atoms with Crippen LogP contribution in [0.15, 0.2) is 12.1 Å². The second-order valence-electron chi connectivity index (χ2n) is 5.17. The van der Waals surface area contributed by atoms with Crippen molar-refractivity contribution in [3.8, 4) is 0 Å². The number of hydrogen-bond acceptors (Lipinski definition) is 6. The summed E-state index contributed by atoms with van der Waals surface area (Å²) < 4.78 is 0.843. The topological polar surface area (TPSA) is 94.1 Å². The molecule has 1 aliphatic rings. The Kier molecular flexibility index (Phi) is 3.31. The molecule has 0 amide bonds. The number of nitrogens with zero attached hydrogens (tertiary/aromatic N) is 2. The van der Waals surface area contributed by atoms with E-state index in [9.17, 15) is 10.1 Å². The zero-order valence-corrected chi connectivity index (χ0v) is 11.9. The first kappa shape index (κ1) is 13.3. The van der Waals surface area contributed by atoms with Gasteiger partial charge in [-0.15, -0.1) is 11.3 Å². The normalized spacial score (nSPS) is 22.3. The van der Waals surface area contributed by atoms with Crippen LogP contribution in [0.5, 0.6) is 0 Å². The highest BCUT2D eigenvalue weighted by molar-refractivity contribution is 7.18. The Morgan fingerprint density at radius 3 is 2.95 bits per heavy atom. The van der Waals surface area contributed by atoms with Gasteiger partial charge in [0.2, 0.25) is 0 Å². The summed E-state index contributed by atoms with van der Waals surface area (Å²) in [5.74, 6) is 0. The van der Waals surface area contributed by atoms with Crippen molar-refractivity contribution < 1.29 is 4.92 Å². The van der Waals surface area contributed by atoms with Gasteiger partial charge in [0, 0.05) is 18.2 Å². The predicted molar refractivity (Wildman–Crippen MR) is 80.2 cm³/mol. The van der Waals surface area contributed by atoms with Gasteiger partial charge >= 0.3 is 0 Å². The number of aryl methyl sites for hydroxylation is 1. The van der Waals surface area contributed by atoms with Crippen molar-refractivity contribution in [1.29, 1.82) is 0 Å². The zero-order valence-electron chi connectivity index (χ0n) is 11.1. The van der Waals surface area contributed by atoms with E-state index >= 15 is 0 Å². The maximum Gasteiger partial charge on any atom is 0.293 e. The quantitative estimate of drug-likeness (QED) is 0.670. The van der Waals surface area contributed by atoms with Crippen LogP contribution < -0.4 is 11.1 Å². The molecule has 1 aromatic heterocycles. The van der Waals surface area contributed by atoms with Gasteiger partial charge in [0.05, 0.1) is 20.1 Å². The van der Waals surface area contributed by atoms with E-state index < -0.39 is 0 Å². The number of thiazole rings is 1. The Bertz CT molecular complexity index is 670. The number of benzene rings is 1. The molecule has 1 aliphatic carbocycles. The van der Waals surface area contributed by atoms with Crippen molar-refractivity contribution in [2.24, 2.45) is 5.73 Å². The van der Waals surface area contributed by atoms with Crippen molar-refractivity contribution >= 4 is 32.9 Å². The average Bonchev–Trinajstić information content (AvgIpc) is 2.93. The van der Waals surface area contributed by atoms with Crippen LogP contribution >= 0.6 is 11.3 Å². The summed E-state index contributed by atoms with van der Waals surface area (Å²) >= 11 is 1.47. The molecule has 2 aromatic rings. The first-order chi connectivity index (χ1) is 9.54. The van der Waals surface area contributed by atoms with E-state index in [2.05, 4.69) is 10.3 Å². The Labute approximate surface area is 120 Å². The van der Waals surface area contributed by atoms with Crippen LogP contribution in [-0.4, -0.2) is 22.0 Å². The van der Waals surface area contributed by atoms with Gasteiger partial charge in [-0.2, -0.15) is 0 Å². The average molecular weight is 292 g/mol. The zero-order chi connectivity index (χ0) is 14.3. The third-order valence-corrected chi connectivity index (χ3v) is 4.65. The molecule has 1 saturated carbocycles. The molecule has 1 aromatic carbocycles. The van der Waals surface area contributed by atoms with Gasteiger partial charge in [-0.05, 0) is 32.3 Å². The number of anilines is 1. The highest BCUT2D eigenvalue weighted by Crippen LogP contribution is 2.34. The molecule has 6 nitrogen and oxygen atoms in total. The lowest BCUT2D eigenvalue weighted by Crippen LogP contribution is -2.35. The van der Waals surface area contributed by atoms with Crippen molar-refractivity contribution in [2.45, 2.75) is 38.3 Å². The Hall–Kier alpha value is -1.73. The van der Waals surface area contributed by atoms with Crippen LogP contribution in [-0.2, 0) is 0 Å². The lowest BCUT2D eigenvalue weighted by Gasteiger charge is -2.18. The number of rotatable bonds is 3. The maximum absolute atomic E-state index is 11.2. The third-order valence-electron chi connectivity index (χ3n) is 3.72. The van der Waals surface area contributed by atoms with Crippen LogP contribution in [0.1, 0.15) is 24.3 Å². The molecule has 0 radical (unpaired) electrons. The molecule has 2 unspecified atom stereocenters. The van der Waals surface area contributed by atoms with E-state index in [4.69, 9.17) is 5.73 Å². The van der Waals surface area contributed by atoms with Crippen molar-refractivity contribution in [2.75, 3.05) is 5.32 Å². The lowest BCUT2D eigenvalue weighted by atomic mass is 10.1. The maximum atomic E-state index is 11.2. The third kappa shape index (κ3) is 2.34. The van der Waals surface area contributed by atoms with Gasteiger partial charge in [0.1, 0.15) is 5.69 Å². The molecule has 106 valence electrons. The first-order valence-corrected chi connectivity index (χ1v) is 7.44. The van der Waals surface area contributed by atoms with Gasteiger partial charge < -0.3 is 11.1 Å². The highest BCUT2D eigenvalue weighted by Gasteiger charge is 2.26. The fourth-order valence-corrected chi connectivity index (χ4v) is 3.55. The minimum Gasteiger partial charge on any atom is -0.375 e. The summed E-state index contributed by atoms with van der Waals surface area (Å²) in [5, 5.41) is 15.4. The molecule has 3 N–H and O–H groups in total. The van der Waals surface area contributed by atoms with E-state index in [1.54, 1.807) is 12.1 Å². The van der Waals surface area contributed by atoms with Crippen LogP contribution in [0.2, 0.25) is 0 Å². The summed E-state index contributed by atoms with van der Waals surface area (Å²) in [5.41, 5.74) is 7.44. The van der Waals surface area contributed by atoms with Crippen LogP contribution in [0.3, 0.4) is 0 Å². The van der Waals surface area contributed by atoms with Crippen molar-refractivity contribution in [3.05, 3.63) is 27.3 Å². The molecule has 0 bridgehead atoms. The summed E-state index contributed by atoms with van der Waals surface area (Å²) in [6, 6.07) is 3.53. The number of nitro groups is 1. The lowest BCUT2D eigenvalue weighted by molar-refractivity contribution is -0.383. The van der Waals surface area contributed by atoms with Crippen molar-refractivity contribution in [1.82, 2.24) is 4.98 Å². The molecule has 1 fully saturated rings. The highest BCUT2D eigenvalue weighted by atomic mass is 32.1. The number of hydrogen-bond donors (Lipinski definition) is 2. The SMILES string of the molecule is Cc1nc2cc(NC3CCCC3N)c([N+](=O)[O-])cc2s1. The van der Waals surface area contributed by atoms with Gasteiger partial charge in [0.25, 0.3) is 5.69 Å². The van der Waals surface area contributed by atoms with Crippen LogP contribution in [0.25, 0.3) is 10.2 Å². The van der Waals surface area contributed by atoms with Crippen LogP contribution in [0.4, 0.5) is 11.4 Å². The molecular weight excluding hydrogens is 276 g/mol. The molecular formula is C13H16N4O2S. The number of nitrogens with one attached hydrogen (secondary N) is 1. The number of aromatic nitrogens is 1. The summed E-state index contributed by atoms with van der Waals surface area (Å²) in [4.78, 5) is 15.3.